The molecule has 3 heteroatoms. The molecule has 14 heavy (non-hydrogen) atoms. The Kier molecular flexibility index (Phi) is 2.38. The minimum atomic E-state index is 0.108. The highest BCUT2D eigenvalue weighted by Gasteiger charge is 2.20. The molecule has 0 bridgehead atoms. The van der Waals surface area contributed by atoms with Crippen LogP contribution in [0, 0.1) is 11.3 Å². The summed E-state index contributed by atoms with van der Waals surface area (Å²) in [6, 6.07) is 7.75. The van der Waals surface area contributed by atoms with Gasteiger partial charge in [-0.15, -0.1) is 0 Å². The molecule has 2 rings (SSSR count). The molecular formula is C11H12N2O. The van der Waals surface area contributed by atoms with Crippen LogP contribution in [-0.4, -0.2) is 12.6 Å². The molecule has 1 aliphatic heterocycles. The molecule has 3 nitrogen and oxygen atoms in total. The largest absolute Gasteiger partial charge is 0.489 e. The second-order valence-corrected chi connectivity index (χ2v) is 3.41. The summed E-state index contributed by atoms with van der Waals surface area (Å²) < 4.78 is 5.65. The van der Waals surface area contributed by atoms with Crippen molar-refractivity contribution in [3.8, 4) is 11.8 Å². The number of hydrogen-bond acceptors (Lipinski definition) is 3. The van der Waals surface area contributed by atoms with Crippen LogP contribution in [0.5, 0.6) is 5.75 Å². The van der Waals surface area contributed by atoms with E-state index in [2.05, 4.69) is 6.07 Å². The van der Waals surface area contributed by atoms with Gasteiger partial charge in [0.1, 0.15) is 11.9 Å². The maximum Gasteiger partial charge on any atom is 0.124 e. The monoisotopic (exact) mass is 188 g/mol. The SMILES string of the molecule is N#Cc1cccc2c1CCC(CN)O2. The van der Waals surface area contributed by atoms with Gasteiger partial charge in [0.15, 0.2) is 0 Å². The van der Waals surface area contributed by atoms with E-state index in [0.717, 1.165) is 29.7 Å². The maximum absolute atomic E-state index is 8.89. The van der Waals surface area contributed by atoms with Crippen molar-refractivity contribution in [1.29, 1.82) is 5.26 Å². The first-order valence-electron chi connectivity index (χ1n) is 4.74. The summed E-state index contributed by atoms with van der Waals surface area (Å²) in [4.78, 5) is 0. The molecule has 1 heterocycles. The van der Waals surface area contributed by atoms with Gasteiger partial charge in [0, 0.05) is 12.1 Å². The fraction of sp³-hybridized carbons (Fsp3) is 0.364. The van der Waals surface area contributed by atoms with E-state index in [1.807, 2.05) is 18.2 Å². The number of nitrogens with zero attached hydrogens (tertiary/aromatic N) is 1. The van der Waals surface area contributed by atoms with Crippen molar-refractivity contribution in [2.45, 2.75) is 18.9 Å². The minimum Gasteiger partial charge on any atom is -0.489 e. The summed E-state index contributed by atoms with van der Waals surface area (Å²) >= 11 is 0. The number of nitrogens with two attached hydrogens (primary N) is 1. The van der Waals surface area contributed by atoms with Gasteiger partial charge in [-0.3, -0.25) is 0 Å². The molecule has 1 atom stereocenters. The number of rotatable bonds is 1. The van der Waals surface area contributed by atoms with Gasteiger partial charge in [-0.1, -0.05) is 6.07 Å². The van der Waals surface area contributed by atoms with Gasteiger partial charge in [-0.2, -0.15) is 5.26 Å². The smallest absolute Gasteiger partial charge is 0.124 e. The van der Waals surface area contributed by atoms with E-state index in [1.54, 1.807) is 0 Å². The molecule has 1 aromatic rings. The second-order valence-electron chi connectivity index (χ2n) is 3.41. The summed E-state index contributed by atoms with van der Waals surface area (Å²) in [5, 5.41) is 8.89. The first-order chi connectivity index (χ1) is 6.85. The lowest BCUT2D eigenvalue weighted by atomic mass is 9.98. The molecule has 0 radical (unpaired) electrons. The van der Waals surface area contributed by atoms with Crippen LogP contribution in [0.4, 0.5) is 0 Å². The fourth-order valence-electron chi connectivity index (χ4n) is 1.75. The lowest BCUT2D eigenvalue weighted by Crippen LogP contribution is -2.30. The molecule has 0 fully saturated rings. The Hall–Kier alpha value is -1.53. The van der Waals surface area contributed by atoms with E-state index in [4.69, 9.17) is 15.7 Å². The van der Waals surface area contributed by atoms with Gasteiger partial charge in [-0.25, -0.2) is 0 Å². The Labute approximate surface area is 83.1 Å². The molecule has 0 saturated heterocycles. The Bertz CT molecular complexity index is 381. The Morgan fingerprint density at radius 2 is 2.43 bits per heavy atom. The second kappa shape index (κ2) is 3.69. The van der Waals surface area contributed by atoms with Crippen molar-refractivity contribution < 1.29 is 4.74 Å². The van der Waals surface area contributed by atoms with Crippen LogP contribution in [0.2, 0.25) is 0 Å². The van der Waals surface area contributed by atoms with E-state index in [9.17, 15) is 0 Å². The van der Waals surface area contributed by atoms with E-state index in [-0.39, 0.29) is 6.10 Å². The first-order valence-corrected chi connectivity index (χ1v) is 4.74. The van der Waals surface area contributed by atoms with Crippen LogP contribution < -0.4 is 10.5 Å². The Morgan fingerprint density at radius 3 is 3.14 bits per heavy atom. The van der Waals surface area contributed by atoms with Crippen molar-refractivity contribution in [1.82, 2.24) is 0 Å². The molecule has 1 aromatic carbocycles. The summed E-state index contributed by atoms with van der Waals surface area (Å²) in [5.74, 6) is 0.825. The maximum atomic E-state index is 8.89. The molecule has 0 aromatic heterocycles. The number of nitriles is 1. The quantitative estimate of drug-likeness (QED) is 0.720. The van der Waals surface area contributed by atoms with Crippen LogP contribution in [0.25, 0.3) is 0 Å². The Balaban J connectivity index is 2.36. The molecule has 1 unspecified atom stereocenters. The molecule has 0 spiro atoms. The van der Waals surface area contributed by atoms with Crippen molar-refractivity contribution in [3.63, 3.8) is 0 Å². The average Bonchev–Trinajstić information content (AvgIpc) is 2.27. The van der Waals surface area contributed by atoms with Crippen LogP contribution in [0.1, 0.15) is 17.5 Å². The number of hydrogen-bond donors (Lipinski definition) is 1. The van der Waals surface area contributed by atoms with Crippen LogP contribution in [0.3, 0.4) is 0 Å². The lowest BCUT2D eigenvalue weighted by molar-refractivity contribution is 0.181. The van der Waals surface area contributed by atoms with E-state index < -0.39 is 0 Å². The highest BCUT2D eigenvalue weighted by molar-refractivity contribution is 5.47. The molecule has 0 amide bonds. The Morgan fingerprint density at radius 1 is 1.57 bits per heavy atom. The minimum absolute atomic E-state index is 0.108. The van der Waals surface area contributed by atoms with Crippen molar-refractivity contribution in [2.75, 3.05) is 6.54 Å². The molecule has 0 saturated carbocycles. The third-order valence-electron chi connectivity index (χ3n) is 2.53. The van der Waals surface area contributed by atoms with Crippen molar-refractivity contribution in [3.05, 3.63) is 29.3 Å². The first kappa shape index (κ1) is 9.04. The summed E-state index contributed by atoms with van der Waals surface area (Å²) in [7, 11) is 0. The van der Waals surface area contributed by atoms with Gasteiger partial charge in [0.25, 0.3) is 0 Å². The van der Waals surface area contributed by atoms with Gasteiger partial charge in [0.05, 0.1) is 11.6 Å². The van der Waals surface area contributed by atoms with Gasteiger partial charge >= 0.3 is 0 Å². The van der Waals surface area contributed by atoms with Gasteiger partial charge < -0.3 is 10.5 Å². The number of benzene rings is 1. The molecule has 1 aliphatic rings. The van der Waals surface area contributed by atoms with Crippen molar-refractivity contribution >= 4 is 0 Å². The third-order valence-corrected chi connectivity index (χ3v) is 2.53. The van der Waals surface area contributed by atoms with Crippen LogP contribution >= 0.6 is 0 Å². The zero-order chi connectivity index (χ0) is 9.97. The van der Waals surface area contributed by atoms with Gasteiger partial charge in [0.2, 0.25) is 0 Å². The molecule has 0 aliphatic carbocycles. The molecule has 2 N–H and O–H groups in total. The molecule has 72 valence electrons. The van der Waals surface area contributed by atoms with Crippen LogP contribution in [0.15, 0.2) is 18.2 Å². The lowest BCUT2D eigenvalue weighted by Gasteiger charge is -2.25. The van der Waals surface area contributed by atoms with Gasteiger partial charge in [-0.05, 0) is 25.0 Å². The predicted octanol–water partition coefficient (Wildman–Crippen LogP) is 1.21. The number of fused-ring (bicyclic) bond motifs is 1. The third kappa shape index (κ3) is 1.45. The summed E-state index contributed by atoms with van der Waals surface area (Å²) in [6.07, 6.45) is 1.90. The van der Waals surface area contributed by atoms with E-state index in [1.165, 1.54) is 0 Å². The normalized spacial score (nSPS) is 19.3. The standard InChI is InChI=1S/C11H12N2O/c12-6-8-2-1-3-11-10(8)5-4-9(7-13)14-11/h1-3,9H,4-5,7,13H2. The zero-order valence-corrected chi connectivity index (χ0v) is 7.86. The predicted molar refractivity (Wildman–Crippen MR) is 52.9 cm³/mol. The van der Waals surface area contributed by atoms with Crippen LogP contribution in [-0.2, 0) is 6.42 Å². The number of ether oxygens (including phenoxy) is 1. The molecular weight excluding hydrogens is 176 g/mol. The highest BCUT2D eigenvalue weighted by atomic mass is 16.5. The van der Waals surface area contributed by atoms with E-state index in [0.29, 0.717) is 6.54 Å². The van der Waals surface area contributed by atoms with Crippen molar-refractivity contribution in [2.24, 2.45) is 5.73 Å². The topological polar surface area (TPSA) is 59.0 Å². The highest BCUT2D eigenvalue weighted by Crippen LogP contribution is 2.29. The zero-order valence-electron chi connectivity index (χ0n) is 7.86. The summed E-state index contributed by atoms with van der Waals surface area (Å²) in [5.41, 5.74) is 7.29. The fourth-order valence-corrected chi connectivity index (χ4v) is 1.75. The average molecular weight is 188 g/mol. The van der Waals surface area contributed by atoms with E-state index >= 15 is 0 Å². The summed E-state index contributed by atoms with van der Waals surface area (Å²) in [6.45, 7) is 0.538.